The molecule has 2 aromatic rings. The van der Waals surface area contributed by atoms with E-state index in [2.05, 4.69) is 30.3 Å². The van der Waals surface area contributed by atoms with E-state index >= 15 is 0 Å². The quantitative estimate of drug-likeness (QED) is 0.801. The Morgan fingerprint density at radius 3 is 2.89 bits per heavy atom. The first-order valence-corrected chi connectivity index (χ1v) is 6.22. The minimum atomic E-state index is 0.0325. The maximum atomic E-state index is 5.93. The number of hydrogen-bond donors (Lipinski definition) is 0. The molecule has 1 aliphatic heterocycles. The van der Waals surface area contributed by atoms with Crippen LogP contribution in [-0.2, 0) is 11.2 Å². The van der Waals surface area contributed by atoms with Crippen molar-refractivity contribution in [1.82, 2.24) is 0 Å². The van der Waals surface area contributed by atoms with Gasteiger partial charge in [0.1, 0.15) is 11.9 Å². The molecule has 0 bridgehead atoms. The molecule has 0 radical (unpaired) electrons. The van der Waals surface area contributed by atoms with E-state index in [1.807, 2.05) is 18.2 Å². The topological polar surface area (TPSA) is 18.5 Å². The molecule has 2 aromatic carbocycles. The van der Waals surface area contributed by atoms with E-state index in [9.17, 15) is 0 Å². The minimum absolute atomic E-state index is 0.0325. The van der Waals surface area contributed by atoms with Gasteiger partial charge in [0.25, 0.3) is 0 Å². The summed E-state index contributed by atoms with van der Waals surface area (Å²) in [6, 6.07) is 16.6. The zero-order valence-electron chi connectivity index (χ0n) is 10.4. The standard InChI is InChI=1S/C16H16O2/c1-17-14-7-4-6-13(11-14)16-15-8-3-2-5-12(15)9-10-18-16/h2-8,11,16H,9-10H2,1H3. The number of rotatable bonds is 2. The Morgan fingerprint density at radius 2 is 2.00 bits per heavy atom. The van der Waals surface area contributed by atoms with Gasteiger partial charge in [-0.1, -0.05) is 36.4 Å². The minimum Gasteiger partial charge on any atom is -0.497 e. The van der Waals surface area contributed by atoms with Gasteiger partial charge in [0.05, 0.1) is 13.7 Å². The fourth-order valence-corrected chi connectivity index (χ4v) is 2.47. The van der Waals surface area contributed by atoms with Crippen LogP contribution in [0.15, 0.2) is 48.5 Å². The van der Waals surface area contributed by atoms with E-state index in [0.717, 1.165) is 24.3 Å². The second-order valence-electron chi connectivity index (χ2n) is 4.48. The highest BCUT2D eigenvalue weighted by Gasteiger charge is 2.22. The summed E-state index contributed by atoms with van der Waals surface area (Å²) in [5, 5.41) is 0. The summed E-state index contributed by atoms with van der Waals surface area (Å²) in [7, 11) is 1.69. The second kappa shape index (κ2) is 4.83. The summed E-state index contributed by atoms with van der Waals surface area (Å²) in [6.07, 6.45) is 1.03. The number of methoxy groups -OCH3 is 1. The van der Waals surface area contributed by atoms with Crippen molar-refractivity contribution in [2.24, 2.45) is 0 Å². The van der Waals surface area contributed by atoms with Crippen LogP contribution in [0.1, 0.15) is 22.8 Å². The second-order valence-corrected chi connectivity index (χ2v) is 4.48. The van der Waals surface area contributed by atoms with Gasteiger partial charge in [-0.05, 0) is 35.2 Å². The van der Waals surface area contributed by atoms with Gasteiger partial charge in [-0.25, -0.2) is 0 Å². The van der Waals surface area contributed by atoms with Crippen LogP contribution < -0.4 is 4.74 Å². The molecule has 0 aliphatic carbocycles. The fourth-order valence-electron chi connectivity index (χ4n) is 2.47. The molecule has 1 heterocycles. The monoisotopic (exact) mass is 240 g/mol. The molecule has 0 saturated carbocycles. The molecule has 1 atom stereocenters. The van der Waals surface area contributed by atoms with Crippen molar-refractivity contribution in [3.63, 3.8) is 0 Å². The highest BCUT2D eigenvalue weighted by molar-refractivity contribution is 5.40. The molecule has 18 heavy (non-hydrogen) atoms. The Morgan fingerprint density at radius 1 is 1.11 bits per heavy atom. The van der Waals surface area contributed by atoms with E-state index in [0.29, 0.717) is 0 Å². The normalized spacial score (nSPS) is 18.2. The summed E-state index contributed by atoms with van der Waals surface area (Å²) in [4.78, 5) is 0. The van der Waals surface area contributed by atoms with Gasteiger partial charge < -0.3 is 9.47 Å². The summed E-state index contributed by atoms with van der Waals surface area (Å²) < 4.78 is 11.2. The Bertz CT molecular complexity index is 548. The third-order valence-corrected chi connectivity index (χ3v) is 3.39. The smallest absolute Gasteiger partial charge is 0.119 e. The van der Waals surface area contributed by atoms with Crippen molar-refractivity contribution < 1.29 is 9.47 Å². The lowest BCUT2D eigenvalue weighted by Gasteiger charge is -2.26. The highest BCUT2D eigenvalue weighted by atomic mass is 16.5. The molecule has 2 nitrogen and oxygen atoms in total. The zero-order valence-corrected chi connectivity index (χ0v) is 10.4. The lowest BCUT2D eigenvalue weighted by atomic mass is 9.93. The summed E-state index contributed by atoms with van der Waals surface area (Å²) in [5.41, 5.74) is 3.81. The van der Waals surface area contributed by atoms with Crippen LogP contribution in [0.5, 0.6) is 5.75 Å². The molecule has 0 amide bonds. The Balaban J connectivity index is 2.02. The SMILES string of the molecule is COc1cccc(C2OCCc3ccccc32)c1. The molecular formula is C16H16O2. The predicted octanol–water partition coefficient (Wildman–Crippen LogP) is 3.36. The summed E-state index contributed by atoms with van der Waals surface area (Å²) >= 11 is 0. The summed E-state index contributed by atoms with van der Waals surface area (Å²) in [6.45, 7) is 0.777. The summed E-state index contributed by atoms with van der Waals surface area (Å²) in [5.74, 6) is 0.874. The van der Waals surface area contributed by atoms with Crippen molar-refractivity contribution in [3.05, 3.63) is 65.2 Å². The van der Waals surface area contributed by atoms with Crippen LogP contribution in [-0.4, -0.2) is 13.7 Å². The molecule has 2 heteroatoms. The van der Waals surface area contributed by atoms with Crippen LogP contribution in [0.2, 0.25) is 0 Å². The van der Waals surface area contributed by atoms with Gasteiger partial charge >= 0.3 is 0 Å². The lowest BCUT2D eigenvalue weighted by molar-refractivity contribution is 0.0697. The Kier molecular flexibility index (Phi) is 3.03. The van der Waals surface area contributed by atoms with Crippen LogP contribution in [0.3, 0.4) is 0 Å². The highest BCUT2D eigenvalue weighted by Crippen LogP contribution is 2.33. The molecule has 3 rings (SSSR count). The van der Waals surface area contributed by atoms with Gasteiger partial charge in [0.15, 0.2) is 0 Å². The Labute approximate surface area is 107 Å². The fraction of sp³-hybridized carbons (Fsp3) is 0.250. The maximum absolute atomic E-state index is 5.93. The largest absolute Gasteiger partial charge is 0.497 e. The average molecular weight is 240 g/mol. The molecule has 0 saturated heterocycles. The first-order valence-electron chi connectivity index (χ1n) is 6.22. The van der Waals surface area contributed by atoms with Gasteiger partial charge in [-0.15, -0.1) is 0 Å². The predicted molar refractivity (Wildman–Crippen MR) is 70.9 cm³/mol. The van der Waals surface area contributed by atoms with Gasteiger partial charge in [-0.3, -0.25) is 0 Å². The lowest BCUT2D eigenvalue weighted by Crippen LogP contribution is -2.17. The van der Waals surface area contributed by atoms with Crippen LogP contribution in [0.25, 0.3) is 0 Å². The molecule has 0 aromatic heterocycles. The van der Waals surface area contributed by atoms with E-state index in [4.69, 9.17) is 9.47 Å². The molecular weight excluding hydrogens is 224 g/mol. The molecule has 1 aliphatic rings. The van der Waals surface area contributed by atoms with E-state index in [1.165, 1.54) is 11.1 Å². The van der Waals surface area contributed by atoms with E-state index < -0.39 is 0 Å². The number of hydrogen-bond acceptors (Lipinski definition) is 2. The first kappa shape index (κ1) is 11.3. The molecule has 92 valence electrons. The van der Waals surface area contributed by atoms with Crippen molar-refractivity contribution in [2.45, 2.75) is 12.5 Å². The van der Waals surface area contributed by atoms with E-state index in [-0.39, 0.29) is 6.10 Å². The number of ether oxygens (including phenoxy) is 2. The van der Waals surface area contributed by atoms with Crippen molar-refractivity contribution in [1.29, 1.82) is 0 Å². The third-order valence-electron chi connectivity index (χ3n) is 3.39. The van der Waals surface area contributed by atoms with Crippen molar-refractivity contribution >= 4 is 0 Å². The van der Waals surface area contributed by atoms with Crippen molar-refractivity contribution in [3.8, 4) is 5.75 Å². The van der Waals surface area contributed by atoms with Gasteiger partial charge in [0.2, 0.25) is 0 Å². The molecule has 0 fully saturated rings. The maximum Gasteiger partial charge on any atom is 0.119 e. The molecule has 0 N–H and O–H groups in total. The van der Waals surface area contributed by atoms with Gasteiger partial charge in [-0.2, -0.15) is 0 Å². The third kappa shape index (κ3) is 2.00. The van der Waals surface area contributed by atoms with Crippen LogP contribution >= 0.6 is 0 Å². The van der Waals surface area contributed by atoms with Crippen LogP contribution in [0, 0.1) is 0 Å². The van der Waals surface area contributed by atoms with E-state index in [1.54, 1.807) is 7.11 Å². The average Bonchev–Trinajstić information content (AvgIpc) is 2.47. The first-order chi connectivity index (χ1) is 8.88. The van der Waals surface area contributed by atoms with Crippen LogP contribution in [0.4, 0.5) is 0 Å². The molecule has 0 spiro atoms. The number of benzene rings is 2. The van der Waals surface area contributed by atoms with Gasteiger partial charge in [0, 0.05) is 0 Å². The van der Waals surface area contributed by atoms with Crippen molar-refractivity contribution in [2.75, 3.05) is 13.7 Å². The molecule has 1 unspecified atom stereocenters. The number of fused-ring (bicyclic) bond motifs is 1. The Hall–Kier alpha value is -1.80. The zero-order chi connectivity index (χ0) is 12.4.